The highest BCUT2D eigenvalue weighted by Gasteiger charge is 2.24. The summed E-state index contributed by atoms with van der Waals surface area (Å²) < 4.78 is 5.16. The Balaban J connectivity index is 2.28. The van der Waals surface area contributed by atoms with Gasteiger partial charge < -0.3 is 20.1 Å². The third kappa shape index (κ3) is 5.33. The van der Waals surface area contributed by atoms with Gasteiger partial charge in [0.1, 0.15) is 6.04 Å². The maximum absolute atomic E-state index is 11.1. The van der Waals surface area contributed by atoms with Crippen LogP contribution in [0.3, 0.4) is 0 Å². The Bertz CT molecular complexity index is 259. The van der Waals surface area contributed by atoms with Gasteiger partial charge in [0.2, 0.25) is 0 Å². The fourth-order valence-corrected chi connectivity index (χ4v) is 2.48. The molecule has 0 aromatic carbocycles. The molecule has 0 spiro atoms. The first-order chi connectivity index (χ1) is 8.52. The number of nitrogens with one attached hydrogen (secondary N) is 1. The van der Waals surface area contributed by atoms with Crippen molar-refractivity contribution in [2.45, 2.75) is 38.8 Å². The fourth-order valence-electron chi connectivity index (χ4n) is 2.48. The van der Waals surface area contributed by atoms with Crippen molar-refractivity contribution in [2.24, 2.45) is 5.92 Å². The zero-order valence-corrected chi connectivity index (χ0v) is 11.7. The van der Waals surface area contributed by atoms with Gasteiger partial charge in [0.05, 0.1) is 6.61 Å². The van der Waals surface area contributed by atoms with Crippen LogP contribution in [0.5, 0.6) is 0 Å². The normalized spacial score (nSPS) is 22.6. The number of methoxy groups -OCH3 is 1. The Morgan fingerprint density at radius 2 is 2.28 bits per heavy atom. The summed E-state index contributed by atoms with van der Waals surface area (Å²) >= 11 is 0. The van der Waals surface area contributed by atoms with Crippen LogP contribution >= 0.6 is 0 Å². The second-order valence-electron chi connectivity index (χ2n) is 5.41. The predicted molar refractivity (Wildman–Crippen MR) is 70.7 cm³/mol. The average molecular weight is 258 g/mol. The lowest BCUT2D eigenvalue weighted by Crippen LogP contribution is -2.43. The molecular formula is C13H26N2O3. The molecule has 1 heterocycles. The van der Waals surface area contributed by atoms with Crippen LogP contribution in [0.4, 0.5) is 0 Å². The summed E-state index contributed by atoms with van der Waals surface area (Å²) in [4.78, 5) is 13.4. The van der Waals surface area contributed by atoms with Crippen molar-refractivity contribution < 1.29 is 14.6 Å². The molecule has 1 aliphatic rings. The van der Waals surface area contributed by atoms with Crippen molar-refractivity contribution in [3.05, 3.63) is 0 Å². The standard InChI is InChI=1S/C13H26N2O3/c1-10(2)14-12(13(16)17)5-7-15-6-4-11(8-15)9-18-3/h10-12,14H,4-9H2,1-3H3,(H,16,17). The van der Waals surface area contributed by atoms with E-state index in [-0.39, 0.29) is 6.04 Å². The van der Waals surface area contributed by atoms with Crippen LogP contribution in [-0.2, 0) is 9.53 Å². The molecule has 5 heteroatoms. The van der Waals surface area contributed by atoms with E-state index in [0.717, 1.165) is 32.7 Å². The molecule has 0 radical (unpaired) electrons. The molecule has 5 nitrogen and oxygen atoms in total. The van der Waals surface area contributed by atoms with E-state index in [1.165, 1.54) is 0 Å². The van der Waals surface area contributed by atoms with E-state index in [4.69, 9.17) is 9.84 Å². The molecule has 1 fully saturated rings. The third-order valence-corrected chi connectivity index (χ3v) is 3.34. The monoisotopic (exact) mass is 258 g/mol. The van der Waals surface area contributed by atoms with E-state index in [0.29, 0.717) is 12.3 Å². The van der Waals surface area contributed by atoms with Crippen LogP contribution < -0.4 is 5.32 Å². The fraction of sp³-hybridized carbons (Fsp3) is 0.923. The lowest BCUT2D eigenvalue weighted by molar-refractivity contribution is -0.139. The lowest BCUT2D eigenvalue weighted by Gasteiger charge is -2.21. The van der Waals surface area contributed by atoms with Crippen molar-refractivity contribution in [3.63, 3.8) is 0 Å². The van der Waals surface area contributed by atoms with Crippen LogP contribution in [0, 0.1) is 5.92 Å². The largest absolute Gasteiger partial charge is 0.480 e. The first-order valence-corrected chi connectivity index (χ1v) is 6.73. The number of rotatable bonds is 8. The van der Waals surface area contributed by atoms with Crippen LogP contribution in [0.1, 0.15) is 26.7 Å². The zero-order valence-electron chi connectivity index (χ0n) is 11.7. The summed E-state index contributed by atoms with van der Waals surface area (Å²) in [6.07, 6.45) is 1.82. The molecule has 2 unspecified atom stereocenters. The van der Waals surface area contributed by atoms with Crippen molar-refractivity contribution in [1.29, 1.82) is 0 Å². The minimum atomic E-state index is -0.753. The molecule has 0 aromatic rings. The SMILES string of the molecule is COCC1CCN(CCC(NC(C)C)C(=O)O)C1. The molecule has 0 aromatic heterocycles. The van der Waals surface area contributed by atoms with Gasteiger partial charge in [-0.15, -0.1) is 0 Å². The van der Waals surface area contributed by atoms with Gasteiger partial charge in [0.15, 0.2) is 0 Å². The molecule has 0 amide bonds. The van der Waals surface area contributed by atoms with Crippen molar-refractivity contribution in [3.8, 4) is 0 Å². The zero-order chi connectivity index (χ0) is 13.5. The second kappa shape index (κ2) is 7.71. The molecular weight excluding hydrogens is 232 g/mol. The number of hydrogen-bond acceptors (Lipinski definition) is 4. The van der Waals surface area contributed by atoms with E-state index in [2.05, 4.69) is 10.2 Å². The number of carboxylic acids is 1. The minimum Gasteiger partial charge on any atom is -0.480 e. The smallest absolute Gasteiger partial charge is 0.320 e. The number of nitrogens with zero attached hydrogens (tertiary/aromatic N) is 1. The first kappa shape index (κ1) is 15.4. The highest BCUT2D eigenvalue weighted by Crippen LogP contribution is 2.16. The Hall–Kier alpha value is -0.650. The van der Waals surface area contributed by atoms with Crippen LogP contribution in [-0.4, -0.2) is 61.4 Å². The molecule has 2 atom stereocenters. The maximum Gasteiger partial charge on any atom is 0.320 e. The Morgan fingerprint density at radius 3 is 2.83 bits per heavy atom. The molecule has 18 heavy (non-hydrogen) atoms. The van der Waals surface area contributed by atoms with Crippen molar-refractivity contribution in [2.75, 3.05) is 33.4 Å². The number of hydrogen-bond donors (Lipinski definition) is 2. The van der Waals surface area contributed by atoms with Crippen LogP contribution in [0.2, 0.25) is 0 Å². The number of carbonyl (C=O) groups is 1. The summed E-state index contributed by atoms with van der Waals surface area (Å²) in [5.41, 5.74) is 0. The number of aliphatic carboxylic acids is 1. The molecule has 1 saturated heterocycles. The molecule has 0 saturated carbocycles. The average Bonchev–Trinajstić information content (AvgIpc) is 2.72. The van der Waals surface area contributed by atoms with Gasteiger partial charge in [-0.25, -0.2) is 0 Å². The van der Waals surface area contributed by atoms with Crippen molar-refractivity contribution >= 4 is 5.97 Å². The topological polar surface area (TPSA) is 61.8 Å². The van der Waals surface area contributed by atoms with Gasteiger partial charge in [-0.2, -0.15) is 0 Å². The summed E-state index contributed by atoms with van der Waals surface area (Å²) in [5, 5.41) is 12.2. The molecule has 0 bridgehead atoms. The van der Waals surface area contributed by atoms with Gasteiger partial charge in [0, 0.05) is 26.2 Å². The number of likely N-dealkylation sites (tertiary alicyclic amines) is 1. The quantitative estimate of drug-likeness (QED) is 0.674. The van der Waals surface area contributed by atoms with Crippen LogP contribution in [0.15, 0.2) is 0 Å². The van der Waals surface area contributed by atoms with E-state index in [1.54, 1.807) is 7.11 Å². The summed E-state index contributed by atoms with van der Waals surface area (Å²) in [7, 11) is 1.73. The lowest BCUT2D eigenvalue weighted by atomic mass is 10.1. The summed E-state index contributed by atoms with van der Waals surface area (Å²) in [6, 6.07) is -0.239. The van der Waals surface area contributed by atoms with E-state index in [9.17, 15) is 4.79 Å². The Morgan fingerprint density at radius 1 is 1.56 bits per heavy atom. The molecule has 1 rings (SSSR count). The van der Waals surface area contributed by atoms with Gasteiger partial charge in [-0.1, -0.05) is 13.8 Å². The highest BCUT2D eigenvalue weighted by atomic mass is 16.5. The molecule has 1 aliphatic heterocycles. The Kier molecular flexibility index (Phi) is 6.60. The third-order valence-electron chi connectivity index (χ3n) is 3.34. The van der Waals surface area contributed by atoms with Gasteiger partial charge >= 0.3 is 5.97 Å². The van der Waals surface area contributed by atoms with E-state index < -0.39 is 12.0 Å². The van der Waals surface area contributed by atoms with E-state index >= 15 is 0 Å². The summed E-state index contributed by atoms with van der Waals surface area (Å²) in [5.74, 6) is -0.146. The summed E-state index contributed by atoms with van der Waals surface area (Å²) in [6.45, 7) is 7.69. The molecule has 0 aliphatic carbocycles. The number of carboxylic acid groups (broad SMARTS) is 1. The van der Waals surface area contributed by atoms with Gasteiger partial charge in [-0.3, -0.25) is 4.79 Å². The van der Waals surface area contributed by atoms with Crippen molar-refractivity contribution in [1.82, 2.24) is 10.2 Å². The first-order valence-electron chi connectivity index (χ1n) is 6.73. The van der Waals surface area contributed by atoms with Gasteiger partial charge in [0.25, 0.3) is 0 Å². The number of ether oxygens (including phenoxy) is 1. The van der Waals surface area contributed by atoms with Gasteiger partial charge in [-0.05, 0) is 25.3 Å². The molecule has 106 valence electrons. The van der Waals surface area contributed by atoms with E-state index in [1.807, 2.05) is 13.8 Å². The van der Waals surface area contributed by atoms with Crippen LogP contribution in [0.25, 0.3) is 0 Å². The highest BCUT2D eigenvalue weighted by molar-refractivity contribution is 5.73. The minimum absolute atomic E-state index is 0.200. The predicted octanol–water partition coefficient (Wildman–Crippen LogP) is 0.796. The maximum atomic E-state index is 11.1. The molecule has 2 N–H and O–H groups in total. The second-order valence-corrected chi connectivity index (χ2v) is 5.41. The Labute approximate surface area is 109 Å².